The van der Waals surface area contributed by atoms with Gasteiger partial charge in [0.1, 0.15) is 0 Å². The maximum absolute atomic E-state index is 13.3. The Balaban J connectivity index is 3.05. The first kappa shape index (κ1) is 10.2. The number of benzene rings is 1. The molecule has 0 radical (unpaired) electrons. The normalized spacial score (nSPS) is 11.9. The first-order valence-corrected chi connectivity index (χ1v) is 3.89. The molecule has 0 heterocycles. The molecule has 0 atom stereocenters. The number of ether oxygens (including phenoxy) is 1. The van der Waals surface area contributed by atoms with E-state index in [2.05, 4.69) is 4.74 Å². The van der Waals surface area contributed by atoms with Crippen LogP contribution in [0.2, 0.25) is 0 Å². The molecule has 1 rings (SSSR count). The molecular weight excluding hydrogens is 187 g/mol. The summed E-state index contributed by atoms with van der Waals surface area (Å²) in [5.74, 6) is -3.09. The molecule has 0 aliphatic carbocycles. The minimum atomic E-state index is -1.09. The Morgan fingerprint density at radius 2 is 1.93 bits per heavy atom. The number of esters is 1. The zero-order valence-corrected chi connectivity index (χ0v) is 7.53. The maximum Gasteiger partial charge on any atom is 0.376 e. The number of halogens is 1. The summed E-state index contributed by atoms with van der Waals surface area (Å²) in [5, 5.41) is 9.07. The topological polar surface area (TPSA) is 46.5 Å². The lowest BCUT2D eigenvalue weighted by molar-refractivity contribution is -0.139. The number of methoxy groups -OCH3 is 1. The third kappa shape index (κ3) is 2.10. The van der Waals surface area contributed by atoms with Crippen molar-refractivity contribution in [3.63, 3.8) is 0 Å². The van der Waals surface area contributed by atoms with Crippen molar-refractivity contribution in [1.29, 1.82) is 0 Å². The fourth-order valence-electron chi connectivity index (χ4n) is 0.907. The standard InChI is InChI=1S/C10H9FO3/c1-14-10(13)9(12)8(11)7-5-3-2-4-6-7/h2-6,12H,1H3/b9-8+. The van der Waals surface area contributed by atoms with E-state index < -0.39 is 17.6 Å². The summed E-state index contributed by atoms with van der Waals surface area (Å²) in [6.07, 6.45) is 0. The van der Waals surface area contributed by atoms with Crippen LogP contribution in [0, 0.1) is 0 Å². The molecule has 0 saturated heterocycles. The van der Waals surface area contributed by atoms with E-state index in [1.54, 1.807) is 18.2 Å². The molecule has 1 aromatic rings. The fourth-order valence-corrected chi connectivity index (χ4v) is 0.907. The molecule has 1 aromatic carbocycles. The van der Waals surface area contributed by atoms with Crippen LogP contribution in [0.5, 0.6) is 0 Å². The molecule has 0 bridgehead atoms. The molecule has 0 amide bonds. The second kappa shape index (κ2) is 4.41. The average Bonchev–Trinajstić information content (AvgIpc) is 2.27. The van der Waals surface area contributed by atoms with E-state index in [1.165, 1.54) is 12.1 Å². The minimum Gasteiger partial charge on any atom is -0.500 e. The smallest absolute Gasteiger partial charge is 0.376 e. The van der Waals surface area contributed by atoms with Crippen molar-refractivity contribution in [2.24, 2.45) is 0 Å². The van der Waals surface area contributed by atoms with E-state index in [4.69, 9.17) is 5.11 Å². The summed E-state index contributed by atoms with van der Waals surface area (Å²) < 4.78 is 17.5. The quantitative estimate of drug-likeness (QED) is 0.447. The third-order valence-electron chi connectivity index (χ3n) is 1.61. The molecule has 0 aliphatic heterocycles. The van der Waals surface area contributed by atoms with Crippen molar-refractivity contribution in [1.82, 2.24) is 0 Å². The van der Waals surface area contributed by atoms with Gasteiger partial charge in [0.05, 0.1) is 7.11 Å². The summed E-state index contributed by atoms with van der Waals surface area (Å²) in [6, 6.07) is 7.77. The number of aliphatic hydroxyl groups excluding tert-OH is 1. The summed E-state index contributed by atoms with van der Waals surface area (Å²) in [6.45, 7) is 0. The number of hydrogen-bond donors (Lipinski definition) is 1. The van der Waals surface area contributed by atoms with Gasteiger partial charge in [0.25, 0.3) is 0 Å². The van der Waals surface area contributed by atoms with Crippen LogP contribution in [-0.2, 0) is 9.53 Å². The van der Waals surface area contributed by atoms with Crippen molar-refractivity contribution in [3.05, 3.63) is 41.7 Å². The van der Waals surface area contributed by atoms with Gasteiger partial charge < -0.3 is 9.84 Å². The van der Waals surface area contributed by atoms with Crippen LogP contribution in [0.25, 0.3) is 5.83 Å². The molecular formula is C10H9FO3. The Kier molecular flexibility index (Phi) is 3.23. The monoisotopic (exact) mass is 196 g/mol. The summed E-state index contributed by atoms with van der Waals surface area (Å²) in [7, 11) is 1.07. The van der Waals surface area contributed by atoms with Gasteiger partial charge in [-0.2, -0.15) is 0 Å². The van der Waals surface area contributed by atoms with Gasteiger partial charge in [0, 0.05) is 5.56 Å². The van der Waals surface area contributed by atoms with Gasteiger partial charge in [0.15, 0.2) is 5.83 Å². The molecule has 0 saturated carbocycles. The van der Waals surface area contributed by atoms with Crippen molar-refractivity contribution in [2.45, 2.75) is 0 Å². The largest absolute Gasteiger partial charge is 0.500 e. The van der Waals surface area contributed by atoms with E-state index in [1.807, 2.05) is 0 Å². The van der Waals surface area contributed by atoms with Crippen LogP contribution >= 0.6 is 0 Å². The lowest BCUT2D eigenvalue weighted by Crippen LogP contribution is -2.05. The van der Waals surface area contributed by atoms with Gasteiger partial charge in [-0.1, -0.05) is 30.3 Å². The van der Waals surface area contributed by atoms with Gasteiger partial charge in [0.2, 0.25) is 5.76 Å². The SMILES string of the molecule is COC(=O)/C(O)=C(\F)c1ccccc1. The maximum atomic E-state index is 13.3. The zero-order chi connectivity index (χ0) is 10.6. The Labute approximate surface area is 80.4 Å². The number of hydrogen-bond acceptors (Lipinski definition) is 3. The zero-order valence-electron chi connectivity index (χ0n) is 7.53. The molecule has 0 fully saturated rings. The molecule has 74 valence electrons. The second-order valence-electron chi connectivity index (χ2n) is 2.52. The molecule has 0 aromatic heterocycles. The van der Waals surface area contributed by atoms with Crippen LogP contribution in [0.1, 0.15) is 5.56 Å². The van der Waals surface area contributed by atoms with Crippen LogP contribution in [-0.4, -0.2) is 18.2 Å². The van der Waals surface area contributed by atoms with Crippen LogP contribution in [0.15, 0.2) is 36.1 Å². The Morgan fingerprint density at radius 1 is 1.36 bits per heavy atom. The van der Waals surface area contributed by atoms with Crippen molar-refractivity contribution < 1.29 is 19.0 Å². The number of carbonyl (C=O) groups excluding carboxylic acids is 1. The first-order chi connectivity index (χ1) is 6.66. The molecule has 0 unspecified atom stereocenters. The van der Waals surface area contributed by atoms with Crippen molar-refractivity contribution in [2.75, 3.05) is 7.11 Å². The number of aliphatic hydroxyl groups is 1. The first-order valence-electron chi connectivity index (χ1n) is 3.89. The Morgan fingerprint density at radius 3 is 2.43 bits per heavy atom. The molecule has 4 heteroatoms. The van der Waals surface area contributed by atoms with Gasteiger partial charge >= 0.3 is 5.97 Å². The molecule has 0 aliphatic rings. The minimum absolute atomic E-state index is 0.135. The summed E-state index contributed by atoms with van der Waals surface area (Å²) in [5.41, 5.74) is 0.135. The highest BCUT2D eigenvalue weighted by atomic mass is 19.1. The van der Waals surface area contributed by atoms with Crippen LogP contribution < -0.4 is 0 Å². The summed E-state index contributed by atoms with van der Waals surface area (Å²) >= 11 is 0. The molecule has 0 spiro atoms. The van der Waals surface area contributed by atoms with E-state index in [0.717, 1.165) is 7.11 Å². The van der Waals surface area contributed by atoms with E-state index in [-0.39, 0.29) is 5.56 Å². The van der Waals surface area contributed by atoms with Crippen LogP contribution in [0.4, 0.5) is 4.39 Å². The molecule has 3 nitrogen and oxygen atoms in total. The van der Waals surface area contributed by atoms with Gasteiger partial charge in [-0.05, 0) is 0 Å². The highest BCUT2D eigenvalue weighted by Gasteiger charge is 2.15. The average molecular weight is 196 g/mol. The molecule has 14 heavy (non-hydrogen) atoms. The van der Waals surface area contributed by atoms with Crippen molar-refractivity contribution in [3.8, 4) is 0 Å². The van der Waals surface area contributed by atoms with Gasteiger partial charge in [-0.25, -0.2) is 9.18 Å². The van der Waals surface area contributed by atoms with E-state index in [0.29, 0.717) is 0 Å². The van der Waals surface area contributed by atoms with Crippen LogP contribution in [0.3, 0.4) is 0 Å². The predicted octanol–water partition coefficient (Wildman–Crippen LogP) is 2.06. The Hall–Kier alpha value is -1.84. The predicted molar refractivity (Wildman–Crippen MR) is 49.1 cm³/mol. The third-order valence-corrected chi connectivity index (χ3v) is 1.61. The lowest BCUT2D eigenvalue weighted by atomic mass is 10.2. The van der Waals surface area contributed by atoms with Gasteiger partial charge in [-0.3, -0.25) is 0 Å². The highest BCUT2D eigenvalue weighted by Crippen LogP contribution is 2.18. The second-order valence-corrected chi connectivity index (χ2v) is 2.52. The number of carbonyl (C=O) groups is 1. The highest BCUT2D eigenvalue weighted by molar-refractivity contribution is 5.93. The summed E-state index contributed by atoms with van der Waals surface area (Å²) in [4.78, 5) is 10.8. The van der Waals surface area contributed by atoms with E-state index >= 15 is 0 Å². The molecule has 1 N–H and O–H groups in total. The van der Waals surface area contributed by atoms with E-state index in [9.17, 15) is 9.18 Å². The van der Waals surface area contributed by atoms with Gasteiger partial charge in [-0.15, -0.1) is 0 Å². The van der Waals surface area contributed by atoms with Crippen molar-refractivity contribution >= 4 is 11.8 Å². The lowest BCUT2D eigenvalue weighted by Gasteiger charge is -2.00. The number of rotatable bonds is 2. The Bertz CT molecular complexity index is 357. The fraction of sp³-hybridized carbons (Fsp3) is 0.100.